The zero-order valence-electron chi connectivity index (χ0n) is 13.0. The van der Waals surface area contributed by atoms with Gasteiger partial charge in [-0.1, -0.05) is 34.3 Å². The van der Waals surface area contributed by atoms with Crippen molar-refractivity contribution < 1.29 is 9.26 Å². The van der Waals surface area contributed by atoms with Crippen LogP contribution < -0.4 is 10.1 Å². The van der Waals surface area contributed by atoms with E-state index in [0.717, 1.165) is 43.7 Å². The molecule has 0 aliphatic carbocycles. The molecule has 0 amide bonds. The van der Waals surface area contributed by atoms with Crippen molar-refractivity contribution in [3.8, 4) is 5.75 Å². The van der Waals surface area contributed by atoms with Gasteiger partial charge in [-0.2, -0.15) is 0 Å². The van der Waals surface area contributed by atoms with Crippen LogP contribution in [0.5, 0.6) is 5.75 Å². The summed E-state index contributed by atoms with van der Waals surface area (Å²) in [5.74, 6) is 2.43. The highest BCUT2D eigenvalue weighted by atomic mass is 32.2. The van der Waals surface area contributed by atoms with Gasteiger partial charge in [-0.15, -0.1) is 10.2 Å². The SMILES string of the molecule is COc1cccc(Nc2nnc(SCc3c(C)noc3C)s2)c1. The van der Waals surface area contributed by atoms with Gasteiger partial charge < -0.3 is 14.6 Å². The Labute approximate surface area is 142 Å². The van der Waals surface area contributed by atoms with Crippen LogP contribution in [0.25, 0.3) is 0 Å². The van der Waals surface area contributed by atoms with Crippen molar-refractivity contribution >= 4 is 33.9 Å². The van der Waals surface area contributed by atoms with Crippen molar-refractivity contribution in [2.24, 2.45) is 0 Å². The van der Waals surface area contributed by atoms with Crippen molar-refractivity contribution in [1.82, 2.24) is 15.4 Å². The lowest BCUT2D eigenvalue weighted by molar-refractivity contribution is 0.392. The molecule has 0 radical (unpaired) electrons. The molecule has 23 heavy (non-hydrogen) atoms. The fourth-order valence-corrected chi connectivity index (χ4v) is 3.91. The fraction of sp³-hybridized carbons (Fsp3) is 0.267. The number of ether oxygens (including phenoxy) is 1. The van der Waals surface area contributed by atoms with E-state index in [-0.39, 0.29) is 0 Å². The summed E-state index contributed by atoms with van der Waals surface area (Å²) in [7, 11) is 1.65. The van der Waals surface area contributed by atoms with E-state index in [9.17, 15) is 0 Å². The summed E-state index contributed by atoms with van der Waals surface area (Å²) in [6, 6.07) is 7.70. The summed E-state index contributed by atoms with van der Waals surface area (Å²) in [6.45, 7) is 3.87. The molecule has 0 bridgehead atoms. The molecule has 1 N–H and O–H groups in total. The minimum atomic E-state index is 0.750. The molecule has 0 saturated carbocycles. The highest BCUT2D eigenvalue weighted by Crippen LogP contribution is 2.31. The molecule has 3 rings (SSSR count). The Hall–Kier alpha value is -2.06. The zero-order chi connectivity index (χ0) is 16.2. The van der Waals surface area contributed by atoms with Crippen LogP contribution in [0.15, 0.2) is 33.1 Å². The number of rotatable bonds is 6. The van der Waals surface area contributed by atoms with E-state index in [0.29, 0.717) is 0 Å². The van der Waals surface area contributed by atoms with Crippen LogP contribution >= 0.6 is 23.1 Å². The molecule has 0 spiro atoms. The average molecular weight is 348 g/mol. The first-order valence-corrected chi connectivity index (χ1v) is 8.75. The molecule has 0 saturated heterocycles. The molecule has 0 atom stereocenters. The van der Waals surface area contributed by atoms with Gasteiger partial charge in [0.15, 0.2) is 4.34 Å². The standard InChI is InChI=1S/C15H16N4O2S2/c1-9-13(10(2)21-19-9)8-22-15-18-17-14(23-15)16-11-5-4-6-12(7-11)20-3/h4-7H,8H2,1-3H3,(H,16,17). The quantitative estimate of drug-likeness (QED) is 0.670. The smallest absolute Gasteiger partial charge is 0.210 e. The fourth-order valence-electron chi connectivity index (χ4n) is 1.98. The number of aryl methyl sites for hydroxylation is 2. The molecule has 0 unspecified atom stereocenters. The summed E-state index contributed by atoms with van der Waals surface area (Å²) in [5.41, 5.74) is 2.96. The van der Waals surface area contributed by atoms with Crippen LogP contribution in [0.3, 0.4) is 0 Å². The van der Waals surface area contributed by atoms with Gasteiger partial charge in [0, 0.05) is 23.1 Å². The summed E-state index contributed by atoms with van der Waals surface area (Å²) in [4.78, 5) is 0. The Morgan fingerprint density at radius 2 is 2.17 bits per heavy atom. The Balaban J connectivity index is 1.64. The van der Waals surface area contributed by atoms with Gasteiger partial charge in [0.05, 0.1) is 12.8 Å². The monoisotopic (exact) mass is 348 g/mol. The van der Waals surface area contributed by atoms with E-state index in [1.54, 1.807) is 18.9 Å². The second-order valence-electron chi connectivity index (χ2n) is 4.82. The van der Waals surface area contributed by atoms with Crippen LogP contribution in [0.2, 0.25) is 0 Å². The number of aromatic nitrogens is 3. The Kier molecular flexibility index (Phi) is 4.82. The van der Waals surface area contributed by atoms with E-state index in [1.165, 1.54) is 11.3 Å². The summed E-state index contributed by atoms with van der Waals surface area (Å²) in [6.07, 6.45) is 0. The molecule has 2 heterocycles. The number of hydrogen-bond donors (Lipinski definition) is 1. The maximum absolute atomic E-state index is 5.21. The third kappa shape index (κ3) is 3.83. The minimum Gasteiger partial charge on any atom is -0.497 e. The molecule has 6 nitrogen and oxygen atoms in total. The maximum atomic E-state index is 5.21. The van der Waals surface area contributed by atoms with Crippen molar-refractivity contribution in [3.63, 3.8) is 0 Å². The highest BCUT2D eigenvalue weighted by molar-refractivity contribution is 8.00. The van der Waals surface area contributed by atoms with Gasteiger partial charge in [-0.05, 0) is 26.0 Å². The van der Waals surface area contributed by atoms with Crippen molar-refractivity contribution in [1.29, 1.82) is 0 Å². The predicted octanol–water partition coefficient (Wildman–Crippen LogP) is 4.19. The largest absolute Gasteiger partial charge is 0.497 e. The summed E-state index contributed by atoms with van der Waals surface area (Å²) in [5, 5.41) is 16.3. The highest BCUT2D eigenvalue weighted by Gasteiger charge is 2.11. The number of methoxy groups -OCH3 is 1. The van der Waals surface area contributed by atoms with E-state index in [1.807, 2.05) is 38.1 Å². The predicted molar refractivity (Wildman–Crippen MR) is 91.7 cm³/mol. The summed E-state index contributed by atoms with van der Waals surface area (Å²) >= 11 is 3.14. The molecule has 120 valence electrons. The first kappa shape index (κ1) is 15.8. The van der Waals surface area contributed by atoms with Gasteiger partial charge in [0.1, 0.15) is 11.5 Å². The Morgan fingerprint density at radius 1 is 1.30 bits per heavy atom. The number of anilines is 2. The number of benzene rings is 1. The van der Waals surface area contributed by atoms with Gasteiger partial charge in [0.25, 0.3) is 0 Å². The third-order valence-corrected chi connectivity index (χ3v) is 5.25. The van der Waals surface area contributed by atoms with Gasteiger partial charge >= 0.3 is 0 Å². The van der Waals surface area contributed by atoms with Crippen LogP contribution in [-0.4, -0.2) is 22.5 Å². The van der Waals surface area contributed by atoms with Gasteiger partial charge in [-0.25, -0.2) is 0 Å². The van der Waals surface area contributed by atoms with Crippen LogP contribution in [0.1, 0.15) is 17.0 Å². The lowest BCUT2D eigenvalue weighted by Gasteiger charge is -2.04. The first-order chi connectivity index (χ1) is 11.2. The van der Waals surface area contributed by atoms with Crippen LogP contribution in [0.4, 0.5) is 10.8 Å². The van der Waals surface area contributed by atoms with E-state index in [2.05, 4.69) is 20.7 Å². The molecule has 8 heteroatoms. The number of nitrogens with zero attached hydrogens (tertiary/aromatic N) is 3. The van der Waals surface area contributed by atoms with Gasteiger partial charge in [-0.3, -0.25) is 0 Å². The molecule has 1 aromatic carbocycles. The number of nitrogens with one attached hydrogen (secondary N) is 1. The second kappa shape index (κ2) is 7.01. The Morgan fingerprint density at radius 3 is 2.91 bits per heavy atom. The third-order valence-electron chi connectivity index (χ3n) is 3.25. The van der Waals surface area contributed by atoms with Crippen LogP contribution in [-0.2, 0) is 5.75 Å². The topological polar surface area (TPSA) is 73.1 Å². The first-order valence-electron chi connectivity index (χ1n) is 6.95. The summed E-state index contributed by atoms with van der Waals surface area (Å²) < 4.78 is 11.3. The normalized spacial score (nSPS) is 10.7. The maximum Gasteiger partial charge on any atom is 0.210 e. The average Bonchev–Trinajstić information content (AvgIpc) is 3.13. The lowest BCUT2D eigenvalue weighted by Crippen LogP contribution is -1.90. The van der Waals surface area contributed by atoms with Crippen molar-refractivity contribution in [2.45, 2.75) is 23.9 Å². The van der Waals surface area contributed by atoms with Crippen molar-refractivity contribution in [2.75, 3.05) is 12.4 Å². The van der Waals surface area contributed by atoms with Gasteiger partial charge in [0.2, 0.25) is 5.13 Å². The van der Waals surface area contributed by atoms with Crippen LogP contribution in [0, 0.1) is 13.8 Å². The molecule has 2 aromatic heterocycles. The lowest BCUT2D eigenvalue weighted by atomic mass is 10.2. The van der Waals surface area contributed by atoms with Crippen molar-refractivity contribution in [3.05, 3.63) is 41.3 Å². The minimum absolute atomic E-state index is 0.750. The second-order valence-corrected chi connectivity index (χ2v) is 7.02. The number of hydrogen-bond acceptors (Lipinski definition) is 8. The molecule has 3 aromatic rings. The molecular formula is C15H16N4O2S2. The van der Waals surface area contributed by atoms with E-state index >= 15 is 0 Å². The molecular weight excluding hydrogens is 332 g/mol. The number of thioether (sulfide) groups is 1. The van der Waals surface area contributed by atoms with E-state index < -0.39 is 0 Å². The molecule has 0 aliphatic heterocycles. The van der Waals surface area contributed by atoms with E-state index in [4.69, 9.17) is 9.26 Å². The zero-order valence-corrected chi connectivity index (χ0v) is 14.6. The Bertz CT molecular complexity index is 781. The molecule has 0 aliphatic rings. The molecule has 0 fully saturated rings.